The van der Waals surface area contributed by atoms with Crippen LogP contribution >= 0.6 is 7.92 Å². The molecule has 0 aliphatic heterocycles. The number of nitrogens with zero attached hydrogens (tertiary/aromatic N) is 1. The van der Waals surface area contributed by atoms with Crippen molar-refractivity contribution in [3.8, 4) is 0 Å². The first kappa shape index (κ1) is 22.0. The molecule has 6 heteroatoms. The van der Waals surface area contributed by atoms with Crippen LogP contribution in [0.15, 0.2) is 4.03 Å². The lowest BCUT2D eigenvalue weighted by Crippen LogP contribution is -2.45. The Bertz CT molecular complexity index is 357. The van der Waals surface area contributed by atoms with Gasteiger partial charge in [0.05, 0.1) is 0 Å². The molecule has 21 heavy (non-hydrogen) atoms. The molecule has 0 aromatic rings. The SMILES string of the molecule is CC(C)(C)P(C/S(=N/[Si](C)(C)C)N[Si](C)(C)C)C(C)(C)C. The Balaban J connectivity index is 5.51. The Labute approximate surface area is 140 Å². The summed E-state index contributed by atoms with van der Waals surface area (Å²) in [7, 11) is -2.75. The van der Waals surface area contributed by atoms with E-state index in [1.165, 1.54) is 5.49 Å². The summed E-state index contributed by atoms with van der Waals surface area (Å²) in [6.07, 6.45) is 0. The standard InChI is InChI=1S/C15H39N2PSSi2/c1-14(2,3)18(15(4,5)6)13-19(16-20(7,8)9)17-21(10,11)12/h13H2,1-12H3,(H,16,17). The number of hydrogen-bond acceptors (Lipinski definition) is 1. The van der Waals surface area contributed by atoms with E-state index in [-0.39, 0.29) is 18.8 Å². The summed E-state index contributed by atoms with van der Waals surface area (Å²) in [6, 6.07) is 0. The monoisotopic (exact) mass is 366 g/mol. The van der Waals surface area contributed by atoms with Gasteiger partial charge in [0.2, 0.25) is 0 Å². The van der Waals surface area contributed by atoms with Crippen LogP contribution in [-0.2, 0) is 10.9 Å². The molecule has 0 aromatic carbocycles. The number of hydrogen-bond donors (Lipinski definition) is 1. The van der Waals surface area contributed by atoms with Crippen LogP contribution < -0.4 is 4.39 Å². The van der Waals surface area contributed by atoms with Crippen molar-refractivity contribution in [2.24, 2.45) is 4.03 Å². The van der Waals surface area contributed by atoms with E-state index in [0.29, 0.717) is 10.3 Å². The van der Waals surface area contributed by atoms with E-state index in [9.17, 15) is 0 Å². The highest BCUT2D eigenvalue weighted by Crippen LogP contribution is 2.59. The molecule has 128 valence electrons. The van der Waals surface area contributed by atoms with Gasteiger partial charge in [-0.2, -0.15) is 0 Å². The molecule has 0 spiro atoms. The third-order valence-electron chi connectivity index (χ3n) is 2.68. The number of rotatable bonds is 5. The third-order valence-corrected chi connectivity index (χ3v) is 14.4. The minimum atomic E-state index is -1.40. The zero-order valence-corrected chi connectivity index (χ0v) is 20.2. The molecule has 0 aromatic heterocycles. The Hall–Kier alpha value is 0.974. The first-order valence-corrected chi connectivity index (χ1v) is 17.7. The fourth-order valence-corrected chi connectivity index (χ4v) is 16.0. The van der Waals surface area contributed by atoms with Gasteiger partial charge in [-0.25, -0.2) is 0 Å². The van der Waals surface area contributed by atoms with Gasteiger partial charge in [0.15, 0.2) is 8.24 Å². The summed E-state index contributed by atoms with van der Waals surface area (Å²) < 4.78 is 9.21. The van der Waals surface area contributed by atoms with Gasteiger partial charge in [0, 0.05) is 5.49 Å². The van der Waals surface area contributed by atoms with Crippen LogP contribution in [-0.4, -0.2) is 32.3 Å². The topological polar surface area (TPSA) is 24.4 Å². The highest BCUT2D eigenvalue weighted by molar-refractivity contribution is 7.95. The average molecular weight is 367 g/mol. The summed E-state index contributed by atoms with van der Waals surface area (Å²) in [5.41, 5.74) is 1.25. The molecule has 0 amide bonds. The Morgan fingerprint density at radius 2 is 1.24 bits per heavy atom. The fraction of sp³-hybridized carbons (Fsp3) is 1.00. The van der Waals surface area contributed by atoms with Crippen molar-refractivity contribution in [2.75, 3.05) is 5.49 Å². The van der Waals surface area contributed by atoms with Crippen molar-refractivity contribution in [3.05, 3.63) is 0 Å². The van der Waals surface area contributed by atoms with E-state index >= 15 is 0 Å². The maximum atomic E-state index is 5.27. The van der Waals surface area contributed by atoms with E-state index in [1.54, 1.807) is 0 Å². The first-order valence-electron chi connectivity index (χ1n) is 7.91. The van der Waals surface area contributed by atoms with Gasteiger partial charge in [-0.1, -0.05) is 69.1 Å². The lowest BCUT2D eigenvalue weighted by molar-refractivity contribution is 0.709. The van der Waals surface area contributed by atoms with Gasteiger partial charge in [-0.15, -0.1) is 0 Å². The smallest absolute Gasteiger partial charge is 0.183 e. The maximum absolute atomic E-state index is 5.27. The van der Waals surface area contributed by atoms with E-state index in [2.05, 4.69) is 85.2 Å². The van der Waals surface area contributed by atoms with Crippen molar-refractivity contribution in [1.29, 1.82) is 0 Å². The van der Waals surface area contributed by atoms with Gasteiger partial charge in [0.25, 0.3) is 0 Å². The lowest BCUT2D eigenvalue weighted by Gasteiger charge is -2.42. The highest BCUT2D eigenvalue weighted by atomic mass is 32.2. The predicted molar refractivity (Wildman–Crippen MR) is 111 cm³/mol. The number of nitrogens with one attached hydrogen (secondary N) is 1. The normalized spacial score (nSPS) is 16.6. The maximum Gasteiger partial charge on any atom is 0.183 e. The van der Waals surface area contributed by atoms with Gasteiger partial charge >= 0.3 is 0 Å². The second-order valence-corrected chi connectivity index (χ2v) is 25.6. The molecule has 0 saturated heterocycles. The average Bonchev–Trinajstić information content (AvgIpc) is 2.04. The van der Waals surface area contributed by atoms with E-state index in [0.717, 1.165) is 0 Å². The molecule has 0 fully saturated rings. The molecule has 1 N–H and O–H groups in total. The van der Waals surface area contributed by atoms with E-state index in [1.807, 2.05) is 0 Å². The molecule has 0 heterocycles. The molecule has 1 unspecified atom stereocenters. The zero-order valence-electron chi connectivity index (χ0n) is 16.5. The van der Waals surface area contributed by atoms with Crippen LogP contribution in [0.4, 0.5) is 0 Å². The van der Waals surface area contributed by atoms with Crippen LogP contribution in [0.3, 0.4) is 0 Å². The highest BCUT2D eigenvalue weighted by Gasteiger charge is 2.35. The van der Waals surface area contributed by atoms with Crippen LogP contribution in [0.1, 0.15) is 41.5 Å². The Morgan fingerprint density at radius 3 is 1.48 bits per heavy atom. The molecule has 0 radical (unpaired) electrons. The van der Waals surface area contributed by atoms with Crippen molar-refractivity contribution in [2.45, 2.75) is 91.1 Å². The third kappa shape index (κ3) is 10.4. The summed E-state index contributed by atoms with van der Waals surface area (Å²) in [4.78, 5) is 0. The van der Waals surface area contributed by atoms with Gasteiger partial charge < -0.3 is 0 Å². The lowest BCUT2D eigenvalue weighted by atomic mass is 10.2. The minimum Gasteiger partial charge on any atom is -0.290 e. The molecule has 0 bridgehead atoms. The summed E-state index contributed by atoms with van der Waals surface area (Å²) in [5, 5.41) is 0.768. The van der Waals surface area contributed by atoms with Crippen molar-refractivity contribution >= 4 is 35.3 Å². The van der Waals surface area contributed by atoms with E-state index < -0.39 is 16.5 Å². The Morgan fingerprint density at radius 1 is 0.857 bits per heavy atom. The fourth-order valence-electron chi connectivity index (χ4n) is 2.28. The van der Waals surface area contributed by atoms with Gasteiger partial charge in [0.1, 0.15) is 8.24 Å². The van der Waals surface area contributed by atoms with Crippen LogP contribution in [0, 0.1) is 0 Å². The quantitative estimate of drug-likeness (QED) is 0.468. The van der Waals surface area contributed by atoms with E-state index in [4.69, 9.17) is 4.03 Å². The summed E-state index contributed by atoms with van der Waals surface area (Å²) in [5.74, 6) is 0. The van der Waals surface area contributed by atoms with Crippen LogP contribution in [0.5, 0.6) is 0 Å². The molecule has 2 nitrogen and oxygen atoms in total. The molecule has 0 rings (SSSR count). The molecule has 1 atom stereocenters. The van der Waals surface area contributed by atoms with Gasteiger partial charge in [-0.05, 0) is 40.8 Å². The van der Waals surface area contributed by atoms with Crippen molar-refractivity contribution in [1.82, 2.24) is 4.39 Å². The first-order chi connectivity index (χ1) is 8.92. The predicted octanol–water partition coefficient (Wildman–Crippen LogP) is 6.00. The minimum absolute atomic E-state index is 0.0408. The van der Waals surface area contributed by atoms with Crippen LogP contribution in [0.2, 0.25) is 39.3 Å². The second kappa shape index (κ2) is 7.25. The molecule has 0 aliphatic rings. The molecule has 0 saturated carbocycles. The Kier molecular flexibility index (Phi) is 7.59. The summed E-state index contributed by atoms with van der Waals surface area (Å²) >= 11 is 0. The summed E-state index contributed by atoms with van der Waals surface area (Å²) in [6.45, 7) is 28.7. The van der Waals surface area contributed by atoms with Crippen LogP contribution in [0.25, 0.3) is 0 Å². The second-order valence-electron chi connectivity index (χ2n) is 9.88. The largest absolute Gasteiger partial charge is 0.290 e. The molecular weight excluding hydrogens is 327 g/mol. The molecule has 0 aliphatic carbocycles. The van der Waals surface area contributed by atoms with Crippen molar-refractivity contribution in [3.63, 3.8) is 0 Å². The van der Waals surface area contributed by atoms with Crippen molar-refractivity contribution < 1.29 is 0 Å². The zero-order chi connectivity index (χ0) is 17.3. The van der Waals surface area contributed by atoms with Gasteiger partial charge in [-0.3, -0.25) is 8.42 Å². The molecular formula is C15H39N2PSSi2.